The van der Waals surface area contributed by atoms with E-state index in [4.69, 9.17) is 10.5 Å². The fourth-order valence-corrected chi connectivity index (χ4v) is 2.43. The lowest BCUT2D eigenvalue weighted by Crippen LogP contribution is -2.26. The van der Waals surface area contributed by atoms with Gasteiger partial charge in [-0.15, -0.1) is 0 Å². The first kappa shape index (κ1) is 12.6. The fourth-order valence-electron chi connectivity index (χ4n) is 2.43. The van der Waals surface area contributed by atoms with Gasteiger partial charge in [0.15, 0.2) is 0 Å². The predicted octanol–water partition coefficient (Wildman–Crippen LogP) is 1.61. The summed E-state index contributed by atoms with van der Waals surface area (Å²) in [4.78, 5) is 2.37. The van der Waals surface area contributed by atoms with Gasteiger partial charge in [0.2, 0.25) is 0 Å². The molecular formula is C14H22N2O. The van der Waals surface area contributed by atoms with E-state index in [9.17, 15) is 0 Å². The van der Waals surface area contributed by atoms with E-state index < -0.39 is 0 Å². The van der Waals surface area contributed by atoms with Crippen LogP contribution in [0, 0.1) is 5.92 Å². The van der Waals surface area contributed by atoms with Gasteiger partial charge in [0, 0.05) is 26.2 Å². The monoisotopic (exact) mass is 234 g/mol. The molecule has 0 spiro atoms. The maximum atomic E-state index is 5.75. The fraction of sp³-hybridized carbons (Fsp3) is 0.571. The van der Waals surface area contributed by atoms with Crippen molar-refractivity contribution in [3.05, 3.63) is 35.4 Å². The van der Waals surface area contributed by atoms with Crippen LogP contribution in [0.3, 0.4) is 0 Å². The Bertz CT molecular complexity index is 348. The topological polar surface area (TPSA) is 38.5 Å². The van der Waals surface area contributed by atoms with Crippen molar-refractivity contribution in [3.63, 3.8) is 0 Å². The third-order valence-electron chi connectivity index (χ3n) is 3.37. The third-order valence-corrected chi connectivity index (χ3v) is 3.37. The van der Waals surface area contributed by atoms with Crippen LogP contribution in [0.15, 0.2) is 24.3 Å². The molecule has 3 nitrogen and oxygen atoms in total. The number of rotatable bonds is 5. The molecule has 0 bridgehead atoms. The Kier molecular flexibility index (Phi) is 4.54. The van der Waals surface area contributed by atoms with Crippen molar-refractivity contribution in [3.8, 4) is 0 Å². The summed E-state index contributed by atoms with van der Waals surface area (Å²) >= 11 is 0. The third kappa shape index (κ3) is 3.53. The van der Waals surface area contributed by atoms with Crippen LogP contribution in [0.2, 0.25) is 0 Å². The van der Waals surface area contributed by atoms with Crippen LogP contribution in [0.25, 0.3) is 0 Å². The van der Waals surface area contributed by atoms with Gasteiger partial charge in [-0.1, -0.05) is 24.3 Å². The highest BCUT2D eigenvalue weighted by Gasteiger charge is 2.17. The van der Waals surface area contributed by atoms with E-state index in [1.54, 1.807) is 0 Å². The van der Waals surface area contributed by atoms with Gasteiger partial charge in [0.05, 0.1) is 6.61 Å². The van der Waals surface area contributed by atoms with Crippen LogP contribution in [-0.4, -0.2) is 31.7 Å². The summed E-state index contributed by atoms with van der Waals surface area (Å²) in [5, 5.41) is 0. The zero-order valence-corrected chi connectivity index (χ0v) is 10.6. The molecule has 0 radical (unpaired) electrons. The van der Waals surface area contributed by atoms with Crippen molar-refractivity contribution in [2.75, 3.05) is 26.8 Å². The summed E-state index contributed by atoms with van der Waals surface area (Å²) in [6.07, 6.45) is 1.20. The molecule has 1 aromatic rings. The van der Waals surface area contributed by atoms with E-state index in [0.29, 0.717) is 12.5 Å². The molecule has 0 amide bonds. The molecule has 3 heteroatoms. The Morgan fingerprint density at radius 2 is 2.12 bits per heavy atom. The van der Waals surface area contributed by atoms with Crippen molar-refractivity contribution in [2.45, 2.75) is 19.5 Å². The van der Waals surface area contributed by atoms with Gasteiger partial charge in [-0.05, 0) is 30.5 Å². The molecule has 1 saturated heterocycles. The van der Waals surface area contributed by atoms with Crippen molar-refractivity contribution in [1.82, 2.24) is 4.90 Å². The number of ether oxygens (including phenoxy) is 1. The Morgan fingerprint density at radius 3 is 2.76 bits per heavy atom. The molecule has 1 aliphatic heterocycles. The van der Waals surface area contributed by atoms with E-state index in [1.807, 2.05) is 0 Å². The van der Waals surface area contributed by atoms with Crippen LogP contribution in [0.4, 0.5) is 0 Å². The second-order valence-electron chi connectivity index (χ2n) is 4.90. The predicted molar refractivity (Wildman–Crippen MR) is 69.6 cm³/mol. The minimum Gasteiger partial charge on any atom is -0.381 e. The lowest BCUT2D eigenvalue weighted by Gasteiger charge is -2.21. The molecule has 0 aliphatic carbocycles. The summed E-state index contributed by atoms with van der Waals surface area (Å²) < 4.78 is 5.41. The Balaban J connectivity index is 1.90. The number of nitrogens with zero attached hydrogens (tertiary/aromatic N) is 1. The average Bonchev–Trinajstić information content (AvgIpc) is 2.82. The first-order valence-electron chi connectivity index (χ1n) is 6.32. The summed E-state index contributed by atoms with van der Waals surface area (Å²) in [5.74, 6) is 0.699. The molecule has 2 rings (SSSR count). The van der Waals surface area contributed by atoms with Gasteiger partial charge < -0.3 is 15.4 Å². The highest BCUT2D eigenvalue weighted by molar-refractivity contribution is 5.26. The Hall–Kier alpha value is -0.900. The first-order chi connectivity index (χ1) is 8.29. The van der Waals surface area contributed by atoms with Gasteiger partial charge >= 0.3 is 0 Å². The average molecular weight is 234 g/mol. The lowest BCUT2D eigenvalue weighted by molar-refractivity contribution is 0.173. The largest absolute Gasteiger partial charge is 0.381 e. The number of hydrogen-bond acceptors (Lipinski definition) is 3. The van der Waals surface area contributed by atoms with E-state index in [-0.39, 0.29) is 0 Å². The van der Waals surface area contributed by atoms with Crippen LogP contribution in [0.5, 0.6) is 0 Å². The number of benzene rings is 1. The SMILES string of the molecule is CN(Cc1ccccc1CN)CC1CCOC1. The van der Waals surface area contributed by atoms with Crippen molar-refractivity contribution in [2.24, 2.45) is 11.7 Å². The van der Waals surface area contributed by atoms with Crippen molar-refractivity contribution in [1.29, 1.82) is 0 Å². The Morgan fingerprint density at radius 1 is 1.35 bits per heavy atom. The highest BCUT2D eigenvalue weighted by atomic mass is 16.5. The van der Waals surface area contributed by atoms with Gasteiger partial charge in [-0.25, -0.2) is 0 Å². The van der Waals surface area contributed by atoms with Gasteiger partial charge in [0.1, 0.15) is 0 Å². The summed E-state index contributed by atoms with van der Waals surface area (Å²) in [7, 11) is 2.17. The maximum Gasteiger partial charge on any atom is 0.0507 e. The molecule has 1 aromatic carbocycles. The standard InChI is InChI=1S/C14H22N2O/c1-16(9-12-6-7-17-11-12)10-14-5-3-2-4-13(14)8-15/h2-5,12H,6-11,15H2,1H3. The molecule has 17 heavy (non-hydrogen) atoms. The number of nitrogens with two attached hydrogens (primary N) is 1. The van der Waals surface area contributed by atoms with Crippen molar-refractivity contribution < 1.29 is 4.74 Å². The molecule has 1 aliphatic rings. The van der Waals surface area contributed by atoms with Crippen LogP contribution in [-0.2, 0) is 17.8 Å². The minimum atomic E-state index is 0.622. The normalized spacial score (nSPS) is 20.1. The molecule has 1 fully saturated rings. The second kappa shape index (κ2) is 6.15. The molecule has 0 aromatic heterocycles. The second-order valence-corrected chi connectivity index (χ2v) is 4.90. The summed E-state index contributed by atoms with van der Waals surface area (Å²) in [6, 6.07) is 8.42. The van der Waals surface area contributed by atoms with Gasteiger partial charge in [0.25, 0.3) is 0 Å². The van der Waals surface area contributed by atoms with Gasteiger partial charge in [-0.3, -0.25) is 0 Å². The van der Waals surface area contributed by atoms with Crippen molar-refractivity contribution >= 4 is 0 Å². The number of hydrogen-bond donors (Lipinski definition) is 1. The molecule has 1 atom stereocenters. The quantitative estimate of drug-likeness (QED) is 0.841. The molecule has 1 heterocycles. The van der Waals surface area contributed by atoms with Gasteiger partial charge in [-0.2, -0.15) is 0 Å². The smallest absolute Gasteiger partial charge is 0.0507 e. The lowest BCUT2D eigenvalue weighted by atomic mass is 10.1. The van der Waals surface area contributed by atoms with E-state index in [1.165, 1.54) is 17.5 Å². The zero-order valence-electron chi connectivity index (χ0n) is 10.6. The first-order valence-corrected chi connectivity index (χ1v) is 6.32. The van der Waals surface area contributed by atoms with Crippen LogP contribution in [0.1, 0.15) is 17.5 Å². The van der Waals surface area contributed by atoms with Crippen LogP contribution >= 0.6 is 0 Å². The van der Waals surface area contributed by atoms with Crippen LogP contribution < -0.4 is 5.73 Å². The molecular weight excluding hydrogens is 212 g/mol. The molecule has 94 valence electrons. The van der Waals surface area contributed by atoms with E-state index >= 15 is 0 Å². The van der Waals surface area contributed by atoms with E-state index in [0.717, 1.165) is 26.3 Å². The summed E-state index contributed by atoms with van der Waals surface area (Å²) in [5.41, 5.74) is 8.35. The maximum absolute atomic E-state index is 5.75. The summed E-state index contributed by atoms with van der Waals surface area (Å²) in [6.45, 7) is 4.56. The Labute approximate surface area is 104 Å². The highest BCUT2D eigenvalue weighted by Crippen LogP contribution is 2.16. The van der Waals surface area contributed by atoms with E-state index in [2.05, 4.69) is 36.2 Å². The molecule has 1 unspecified atom stereocenters. The zero-order chi connectivity index (χ0) is 12.1. The minimum absolute atomic E-state index is 0.622. The molecule has 0 saturated carbocycles. The molecule has 2 N–H and O–H groups in total.